The lowest BCUT2D eigenvalue weighted by atomic mass is 10.0. The van der Waals surface area contributed by atoms with Crippen molar-refractivity contribution in [1.29, 1.82) is 0 Å². The predicted octanol–water partition coefficient (Wildman–Crippen LogP) is 6.40. The fraction of sp³-hybridized carbons (Fsp3) is 0.200. The van der Waals surface area contributed by atoms with E-state index in [1.807, 2.05) is 19.9 Å². The lowest BCUT2D eigenvalue weighted by Crippen LogP contribution is -2.42. The zero-order valence-corrected chi connectivity index (χ0v) is 23.8. The summed E-state index contributed by atoms with van der Waals surface area (Å²) >= 11 is 7.26. The number of aromatic nitrogens is 2. The maximum Gasteiger partial charge on any atom is 0.251 e. The van der Waals surface area contributed by atoms with Crippen molar-refractivity contribution in [2.75, 3.05) is 18.2 Å². The number of benzene rings is 3. The molecule has 0 fully saturated rings. The maximum atomic E-state index is 14.4. The molecule has 1 atom stereocenters. The molecule has 0 aliphatic rings. The summed E-state index contributed by atoms with van der Waals surface area (Å²) in [5.74, 6) is -0.757. The van der Waals surface area contributed by atoms with Crippen molar-refractivity contribution in [2.24, 2.45) is 0 Å². The molecule has 0 aliphatic carbocycles. The molecule has 0 spiro atoms. The standard InChI is InChI=1S/C30H28ClFN4O3S/c1-19-15-20(2)34-30(33-19)40-18-27(37)36(17-21-7-9-23(31)10-8-21)28(22-5-4-6-24(32)16-22)29(38)35-25-11-13-26(39-3)14-12-25/h4-16,28H,17-18H2,1-3H3,(H,35,38). The third kappa shape index (κ3) is 7.80. The van der Waals surface area contributed by atoms with E-state index in [9.17, 15) is 14.0 Å². The number of carbonyl (C=O) groups excluding carboxylic acids is 2. The number of nitrogens with zero attached hydrogens (tertiary/aromatic N) is 3. The summed E-state index contributed by atoms with van der Waals surface area (Å²) in [5.41, 5.74) is 3.17. The Hall–Kier alpha value is -3.95. The quantitative estimate of drug-likeness (QED) is 0.173. The van der Waals surface area contributed by atoms with Crippen LogP contribution in [0, 0.1) is 19.7 Å². The zero-order valence-electron chi connectivity index (χ0n) is 22.2. The number of methoxy groups -OCH3 is 1. The van der Waals surface area contributed by atoms with E-state index in [-0.39, 0.29) is 18.2 Å². The molecule has 10 heteroatoms. The molecular weight excluding hydrogens is 551 g/mol. The lowest BCUT2D eigenvalue weighted by Gasteiger charge is -2.31. The molecule has 0 saturated carbocycles. The van der Waals surface area contributed by atoms with E-state index in [2.05, 4.69) is 15.3 Å². The van der Waals surface area contributed by atoms with Crippen molar-refractivity contribution in [1.82, 2.24) is 14.9 Å². The highest BCUT2D eigenvalue weighted by molar-refractivity contribution is 7.99. The number of amides is 2. The molecule has 4 rings (SSSR count). The highest BCUT2D eigenvalue weighted by Gasteiger charge is 2.32. The van der Waals surface area contributed by atoms with Gasteiger partial charge in [0.15, 0.2) is 5.16 Å². The number of aryl methyl sites for hydroxylation is 2. The van der Waals surface area contributed by atoms with Gasteiger partial charge in [0.2, 0.25) is 5.91 Å². The number of anilines is 1. The average molecular weight is 579 g/mol. The Morgan fingerprint density at radius 2 is 1.68 bits per heavy atom. The molecule has 1 unspecified atom stereocenters. The third-order valence-electron chi connectivity index (χ3n) is 5.96. The molecule has 0 bridgehead atoms. The Morgan fingerprint density at radius 1 is 1.00 bits per heavy atom. The van der Waals surface area contributed by atoms with Crippen LogP contribution in [0.25, 0.3) is 0 Å². The number of hydrogen-bond acceptors (Lipinski definition) is 6. The second kappa shape index (κ2) is 13.4. The van der Waals surface area contributed by atoms with Gasteiger partial charge >= 0.3 is 0 Å². The summed E-state index contributed by atoms with van der Waals surface area (Å²) < 4.78 is 19.6. The average Bonchev–Trinajstić information content (AvgIpc) is 2.92. The molecule has 0 aliphatic heterocycles. The number of carbonyl (C=O) groups is 2. The normalized spacial score (nSPS) is 11.5. The van der Waals surface area contributed by atoms with Crippen LogP contribution < -0.4 is 10.1 Å². The van der Waals surface area contributed by atoms with Crippen LogP contribution in [0.2, 0.25) is 5.02 Å². The van der Waals surface area contributed by atoms with Crippen LogP contribution in [-0.4, -0.2) is 39.5 Å². The Kier molecular flexibility index (Phi) is 9.74. The fourth-order valence-electron chi connectivity index (χ4n) is 4.11. The molecule has 1 heterocycles. The topological polar surface area (TPSA) is 84.4 Å². The molecule has 7 nitrogen and oxygen atoms in total. The van der Waals surface area contributed by atoms with Crippen LogP contribution in [0.5, 0.6) is 5.75 Å². The minimum absolute atomic E-state index is 0.0296. The molecule has 0 saturated heterocycles. The Bertz CT molecular complexity index is 1470. The second-order valence-electron chi connectivity index (χ2n) is 9.05. The SMILES string of the molecule is COc1ccc(NC(=O)C(c2cccc(F)c2)N(Cc2ccc(Cl)cc2)C(=O)CSc2nc(C)cc(C)n2)cc1. The van der Waals surface area contributed by atoms with E-state index in [4.69, 9.17) is 16.3 Å². The second-order valence-corrected chi connectivity index (χ2v) is 10.4. The first-order valence-corrected chi connectivity index (χ1v) is 13.8. The highest BCUT2D eigenvalue weighted by atomic mass is 35.5. The minimum atomic E-state index is -1.14. The van der Waals surface area contributed by atoms with Crippen molar-refractivity contribution >= 4 is 40.9 Å². The number of rotatable bonds is 10. The van der Waals surface area contributed by atoms with E-state index >= 15 is 0 Å². The molecule has 4 aromatic rings. The van der Waals surface area contributed by atoms with Crippen LogP contribution >= 0.6 is 23.4 Å². The van der Waals surface area contributed by atoms with E-state index in [0.29, 0.717) is 27.2 Å². The largest absolute Gasteiger partial charge is 0.497 e. The van der Waals surface area contributed by atoms with Crippen LogP contribution in [0.3, 0.4) is 0 Å². The van der Waals surface area contributed by atoms with Crippen molar-refractivity contribution in [3.05, 3.63) is 112 Å². The first-order chi connectivity index (χ1) is 19.2. The molecule has 0 radical (unpaired) electrons. The number of ether oxygens (including phenoxy) is 1. The van der Waals surface area contributed by atoms with Gasteiger partial charge < -0.3 is 15.0 Å². The summed E-state index contributed by atoms with van der Waals surface area (Å²) in [6.45, 7) is 3.80. The van der Waals surface area contributed by atoms with Gasteiger partial charge in [0.1, 0.15) is 17.6 Å². The van der Waals surface area contributed by atoms with Crippen molar-refractivity contribution in [2.45, 2.75) is 31.6 Å². The van der Waals surface area contributed by atoms with E-state index in [1.165, 1.54) is 34.9 Å². The molecule has 1 aromatic heterocycles. The van der Waals surface area contributed by atoms with Crippen LogP contribution in [0.15, 0.2) is 84.0 Å². The summed E-state index contributed by atoms with van der Waals surface area (Å²) in [5, 5.41) is 3.87. The Morgan fingerprint density at radius 3 is 2.30 bits per heavy atom. The fourth-order valence-corrected chi connectivity index (χ4v) is 5.07. The van der Waals surface area contributed by atoms with Gasteiger partial charge in [-0.15, -0.1) is 0 Å². The van der Waals surface area contributed by atoms with Crippen LogP contribution in [0.1, 0.15) is 28.6 Å². The minimum Gasteiger partial charge on any atom is -0.497 e. The van der Waals surface area contributed by atoms with Gasteiger partial charge in [-0.05, 0) is 79.6 Å². The van der Waals surface area contributed by atoms with Gasteiger partial charge in [0.25, 0.3) is 5.91 Å². The molecule has 206 valence electrons. The smallest absolute Gasteiger partial charge is 0.251 e. The summed E-state index contributed by atoms with van der Waals surface area (Å²) in [6.07, 6.45) is 0. The van der Waals surface area contributed by atoms with Gasteiger partial charge in [-0.25, -0.2) is 14.4 Å². The summed E-state index contributed by atoms with van der Waals surface area (Å²) in [4.78, 5) is 37.9. The number of halogens is 2. The van der Waals surface area contributed by atoms with Gasteiger partial charge in [0.05, 0.1) is 12.9 Å². The van der Waals surface area contributed by atoms with Gasteiger partial charge in [0, 0.05) is 28.6 Å². The monoisotopic (exact) mass is 578 g/mol. The molecule has 40 heavy (non-hydrogen) atoms. The molecular formula is C30H28ClFN4O3S. The van der Waals surface area contributed by atoms with Crippen molar-refractivity contribution in [3.63, 3.8) is 0 Å². The van der Waals surface area contributed by atoms with Gasteiger partial charge in [-0.3, -0.25) is 9.59 Å². The lowest BCUT2D eigenvalue weighted by molar-refractivity contribution is -0.137. The van der Waals surface area contributed by atoms with E-state index < -0.39 is 17.8 Å². The first kappa shape index (κ1) is 29.0. The van der Waals surface area contributed by atoms with Gasteiger partial charge in [-0.2, -0.15) is 0 Å². The van der Waals surface area contributed by atoms with Crippen LogP contribution in [-0.2, 0) is 16.1 Å². The summed E-state index contributed by atoms with van der Waals surface area (Å²) in [6, 6.07) is 20.2. The molecule has 2 amide bonds. The molecule has 3 aromatic carbocycles. The Balaban J connectivity index is 1.69. The van der Waals surface area contributed by atoms with Crippen molar-refractivity contribution < 1.29 is 18.7 Å². The van der Waals surface area contributed by atoms with Crippen LogP contribution in [0.4, 0.5) is 10.1 Å². The Labute approximate surface area is 241 Å². The predicted molar refractivity (Wildman–Crippen MR) is 155 cm³/mol. The maximum absolute atomic E-state index is 14.4. The zero-order chi connectivity index (χ0) is 28.6. The van der Waals surface area contributed by atoms with Crippen molar-refractivity contribution in [3.8, 4) is 5.75 Å². The third-order valence-corrected chi connectivity index (χ3v) is 7.04. The highest BCUT2D eigenvalue weighted by Crippen LogP contribution is 2.28. The molecule has 1 N–H and O–H groups in total. The first-order valence-electron chi connectivity index (χ1n) is 12.4. The number of thioether (sulfide) groups is 1. The van der Waals surface area contributed by atoms with E-state index in [0.717, 1.165) is 17.0 Å². The van der Waals surface area contributed by atoms with Gasteiger partial charge in [-0.1, -0.05) is 47.6 Å². The summed E-state index contributed by atoms with van der Waals surface area (Å²) in [7, 11) is 1.55. The number of hydrogen-bond donors (Lipinski definition) is 1. The van der Waals surface area contributed by atoms with E-state index in [1.54, 1.807) is 61.7 Å². The number of nitrogens with one attached hydrogen (secondary N) is 1.